The van der Waals surface area contributed by atoms with Gasteiger partial charge in [0.15, 0.2) is 5.82 Å². The van der Waals surface area contributed by atoms with Crippen LogP contribution in [0.3, 0.4) is 0 Å². The summed E-state index contributed by atoms with van der Waals surface area (Å²) in [6, 6.07) is 0. The number of aryl methyl sites for hydroxylation is 1. The number of β-lactam (4-membered cyclic amide) rings is 1. The number of aromatic nitrogens is 4. The molecule has 0 bridgehead atoms. The number of rotatable bonds is 2. The van der Waals surface area contributed by atoms with Crippen LogP contribution in [-0.2, 0) is 18.4 Å². The van der Waals surface area contributed by atoms with Crippen LogP contribution in [0, 0.1) is 0 Å². The third-order valence-electron chi connectivity index (χ3n) is 1.83. The third kappa shape index (κ3) is 1.15. The summed E-state index contributed by atoms with van der Waals surface area (Å²) in [7, 11) is 1.70. The van der Waals surface area contributed by atoms with Crippen molar-refractivity contribution in [3.63, 3.8) is 0 Å². The van der Waals surface area contributed by atoms with Crippen LogP contribution in [0.1, 0.15) is 12.2 Å². The molecule has 6 heteroatoms. The van der Waals surface area contributed by atoms with Gasteiger partial charge in [0.1, 0.15) is 0 Å². The number of likely N-dealkylation sites (tertiary alicyclic amines) is 1. The van der Waals surface area contributed by atoms with Gasteiger partial charge in [0.05, 0.1) is 13.6 Å². The maximum absolute atomic E-state index is 10.9. The lowest BCUT2D eigenvalue weighted by atomic mass is 10.2. The van der Waals surface area contributed by atoms with Gasteiger partial charge in [-0.25, -0.2) is 0 Å². The van der Waals surface area contributed by atoms with Gasteiger partial charge in [0.25, 0.3) is 0 Å². The Balaban J connectivity index is 1.99. The summed E-state index contributed by atoms with van der Waals surface area (Å²) in [5, 5.41) is 11.4. The van der Waals surface area contributed by atoms with Crippen LogP contribution in [0.5, 0.6) is 0 Å². The summed E-state index contributed by atoms with van der Waals surface area (Å²) in [5.41, 5.74) is 0. The van der Waals surface area contributed by atoms with E-state index in [1.54, 1.807) is 11.9 Å². The minimum Gasteiger partial charge on any atom is -0.334 e. The lowest BCUT2D eigenvalue weighted by Crippen LogP contribution is -2.42. The highest BCUT2D eigenvalue weighted by Crippen LogP contribution is 2.10. The van der Waals surface area contributed by atoms with Gasteiger partial charge in [-0.15, -0.1) is 10.2 Å². The van der Waals surface area contributed by atoms with Crippen LogP contribution < -0.4 is 0 Å². The smallest absolute Gasteiger partial charge is 0.224 e. The van der Waals surface area contributed by atoms with Crippen LogP contribution in [0.15, 0.2) is 0 Å². The summed E-state index contributed by atoms with van der Waals surface area (Å²) < 4.78 is 0. The molecule has 64 valence electrons. The Labute approximate surface area is 69.2 Å². The molecule has 0 aromatic carbocycles. The lowest BCUT2D eigenvalue weighted by Gasteiger charge is -2.28. The Morgan fingerprint density at radius 2 is 2.42 bits per heavy atom. The highest BCUT2D eigenvalue weighted by molar-refractivity contribution is 5.81. The summed E-state index contributed by atoms with van der Waals surface area (Å²) >= 11 is 0. The van der Waals surface area contributed by atoms with Gasteiger partial charge in [0.2, 0.25) is 5.91 Å². The molecule has 1 amide bonds. The standard InChI is InChI=1S/C6H9N5O/c1-10-8-5(7-9-10)4-11-3-2-6(11)12/h2-4H2,1H3. The van der Waals surface area contributed by atoms with Crippen molar-refractivity contribution in [1.82, 2.24) is 25.1 Å². The zero-order chi connectivity index (χ0) is 8.55. The van der Waals surface area contributed by atoms with E-state index in [2.05, 4.69) is 15.4 Å². The molecule has 0 atom stereocenters. The Bertz CT molecular complexity index is 307. The number of amides is 1. The van der Waals surface area contributed by atoms with E-state index >= 15 is 0 Å². The monoisotopic (exact) mass is 167 g/mol. The second-order valence-electron chi connectivity index (χ2n) is 2.76. The summed E-state index contributed by atoms with van der Waals surface area (Å²) in [6.07, 6.45) is 0.653. The van der Waals surface area contributed by atoms with E-state index in [4.69, 9.17) is 0 Å². The molecule has 0 aliphatic carbocycles. The minimum absolute atomic E-state index is 0.169. The third-order valence-corrected chi connectivity index (χ3v) is 1.83. The zero-order valence-electron chi connectivity index (χ0n) is 6.77. The molecule has 1 aliphatic rings. The first-order valence-electron chi connectivity index (χ1n) is 3.76. The molecule has 0 spiro atoms. The molecule has 1 fully saturated rings. The summed E-state index contributed by atoms with van der Waals surface area (Å²) in [6.45, 7) is 1.31. The highest BCUT2D eigenvalue weighted by atomic mass is 16.2. The largest absolute Gasteiger partial charge is 0.334 e. The SMILES string of the molecule is Cn1nnc(CN2CCC2=O)n1. The normalized spacial score (nSPS) is 16.4. The number of tetrazole rings is 1. The van der Waals surface area contributed by atoms with Crippen LogP contribution >= 0.6 is 0 Å². The molecule has 1 aromatic rings. The van der Waals surface area contributed by atoms with Crippen LogP contribution in [0.25, 0.3) is 0 Å². The van der Waals surface area contributed by atoms with E-state index in [0.29, 0.717) is 18.8 Å². The molecule has 0 N–H and O–H groups in total. The van der Waals surface area contributed by atoms with Crippen molar-refractivity contribution in [2.75, 3.05) is 6.54 Å². The fraction of sp³-hybridized carbons (Fsp3) is 0.667. The van der Waals surface area contributed by atoms with Gasteiger partial charge in [-0.1, -0.05) is 0 Å². The van der Waals surface area contributed by atoms with Crippen molar-refractivity contribution in [1.29, 1.82) is 0 Å². The van der Waals surface area contributed by atoms with E-state index in [1.807, 2.05) is 0 Å². The number of hydrogen-bond acceptors (Lipinski definition) is 4. The maximum atomic E-state index is 10.9. The predicted octanol–water partition coefficient (Wildman–Crippen LogP) is -1.06. The van der Waals surface area contributed by atoms with Gasteiger partial charge in [0, 0.05) is 13.0 Å². The second kappa shape index (κ2) is 2.54. The van der Waals surface area contributed by atoms with E-state index < -0.39 is 0 Å². The lowest BCUT2D eigenvalue weighted by molar-refractivity contribution is -0.140. The van der Waals surface area contributed by atoms with Crippen molar-refractivity contribution < 1.29 is 4.79 Å². The molecule has 12 heavy (non-hydrogen) atoms. The van der Waals surface area contributed by atoms with Crippen molar-refractivity contribution in [3.05, 3.63) is 5.82 Å². The predicted molar refractivity (Wildman–Crippen MR) is 38.8 cm³/mol. The van der Waals surface area contributed by atoms with E-state index in [1.165, 1.54) is 4.80 Å². The highest BCUT2D eigenvalue weighted by Gasteiger charge is 2.24. The van der Waals surface area contributed by atoms with Crippen LogP contribution in [-0.4, -0.2) is 37.6 Å². The topological polar surface area (TPSA) is 63.9 Å². The Morgan fingerprint density at radius 1 is 1.58 bits per heavy atom. The molecular weight excluding hydrogens is 158 g/mol. The molecule has 0 radical (unpaired) electrons. The minimum atomic E-state index is 0.169. The number of carbonyl (C=O) groups excluding carboxylic acids is 1. The molecular formula is C6H9N5O. The molecule has 1 aromatic heterocycles. The molecule has 1 saturated heterocycles. The Kier molecular flexibility index (Phi) is 1.53. The molecule has 6 nitrogen and oxygen atoms in total. The van der Waals surface area contributed by atoms with E-state index in [9.17, 15) is 4.79 Å². The van der Waals surface area contributed by atoms with E-state index in [0.717, 1.165) is 6.54 Å². The molecule has 1 aliphatic heterocycles. The molecule has 2 heterocycles. The zero-order valence-corrected chi connectivity index (χ0v) is 6.77. The Hall–Kier alpha value is -1.46. The van der Waals surface area contributed by atoms with Gasteiger partial charge in [-0.3, -0.25) is 4.79 Å². The van der Waals surface area contributed by atoms with Crippen molar-refractivity contribution >= 4 is 5.91 Å². The summed E-state index contributed by atoms with van der Waals surface area (Å²) in [4.78, 5) is 14.0. The average Bonchev–Trinajstić information content (AvgIpc) is 2.44. The number of nitrogens with zero attached hydrogens (tertiary/aromatic N) is 5. The average molecular weight is 167 g/mol. The van der Waals surface area contributed by atoms with Gasteiger partial charge in [-0.05, 0) is 5.21 Å². The maximum Gasteiger partial charge on any atom is 0.224 e. The van der Waals surface area contributed by atoms with Gasteiger partial charge < -0.3 is 4.90 Å². The van der Waals surface area contributed by atoms with E-state index in [-0.39, 0.29) is 5.91 Å². The van der Waals surface area contributed by atoms with Crippen LogP contribution in [0.2, 0.25) is 0 Å². The fourth-order valence-corrected chi connectivity index (χ4v) is 1.09. The van der Waals surface area contributed by atoms with Crippen molar-refractivity contribution in [3.8, 4) is 0 Å². The fourth-order valence-electron chi connectivity index (χ4n) is 1.09. The van der Waals surface area contributed by atoms with Crippen molar-refractivity contribution in [2.24, 2.45) is 7.05 Å². The summed E-state index contributed by atoms with van der Waals surface area (Å²) in [5.74, 6) is 0.771. The first kappa shape index (κ1) is 7.20. The quantitative estimate of drug-likeness (QED) is 0.527. The van der Waals surface area contributed by atoms with Gasteiger partial charge in [-0.2, -0.15) is 4.80 Å². The first-order valence-corrected chi connectivity index (χ1v) is 3.76. The number of hydrogen-bond donors (Lipinski definition) is 0. The first-order chi connectivity index (χ1) is 5.75. The molecule has 0 unspecified atom stereocenters. The number of carbonyl (C=O) groups is 1. The van der Waals surface area contributed by atoms with Crippen LogP contribution in [0.4, 0.5) is 0 Å². The van der Waals surface area contributed by atoms with Crippen molar-refractivity contribution in [2.45, 2.75) is 13.0 Å². The second-order valence-corrected chi connectivity index (χ2v) is 2.76. The van der Waals surface area contributed by atoms with Gasteiger partial charge >= 0.3 is 0 Å². The molecule has 2 rings (SSSR count). The molecule has 0 saturated carbocycles. The Morgan fingerprint density at radius 3 is 2.83 bits per heavy atom.